The lowest BCUT2D eigenvalue weighted by molar-refractivity contribution is 1.30. The number of halogens is 1. The van der Waals surface area contributed by atoms with Gasteiger partial charge in [0.15, 0.2) is 0 Å². The van der Waals surface area contributed by atoms with Crippen LogP contribution in [0.2, 0.25) is 5.15 Å². The van der Waals surface area contributed by atoms with Crippen LogP contribution in [0.25, 0.3) is 22.2 Å². The van der Waals surface area contributed by atoms with Gasteiger partial charge in [0.2, 0.25) is 0 Å². The summed E-state index contributed by atoms with van der Waals surface area (Å²) < 4.78 is 0. The highest BCUT2D eigenvalue weighted by Gasteiger charge is 2.01. The zero-order chi connectivity index (χ0) is 11.0. The highest BCUT2D eigenvalue weighted by molar-refractivity contribution is 6.29. The van der Waals surface area contributed by atoms with Crippen molar-refractivity contribution < 1.29 is 0 Å². The molecule has 1 N–H and O–H groups in total. The zero-order valence-corrected chi connectivity index (χ0v) is 9.07. The molecule has 0 saturated carbocycles. The fraction of sp³-hybridized carbons (Fsp3) is 0. The van der Waals surface area contributed by atoms with Crippen LogP contribution in [0, 0.1) is 0 Å². The summed E-state index contributed by atoms with van der Waals surface area (Å²) in [5.41, 5.74) is 2.95. The van der Waals surface area contributed by atoms with Crippen molar-refractivity contribution in [2.75, 3.05) is 0 Å². The van der Waals surface area contributed by atoms with Crippen LogP contribution in [0.4, 0.5) is 0 Å². The topological polar surface area (TPSA) is 41.6 Å². The van der Waals surface area contributed by atoms with Crippen molar-refractivity contribution in [1.82, 2.24) is 15.0 Å². The molecule has 0 saturated heterocycles. The lowest BCUT2D eigenvalue weighted by Crippen LogP contribution is -1.83. The molecule has 0 aliphatic heterocycles. The van der Waals surface area contributed by atoms with Crippen molar-refractivity contribution in [1.29, 1.82) is 0 Å². The number of hydrogen-bond donors (Lipinski definition) is 1. The van der Waals surface area contributed by atoms with Gasteiger partial charge in [-0.1, -0.05) is 11.6 Å². The van der Waals surface area contributed by atoms with Gasteiger partial charge >= 0.3 is 0 Å². The fourth-order valence-corrected chi connectivity index (χ4v) is 1.76. The van der Waals surface area contributed by atoms with Gasteiger partial charge in [0.1, 0.15) is 10.8 Å². The number of rotatable bonds is 1. The van der Waals surface area contributed by atoms with Crippen LogP contribution >= 0.6 is 11.6 Å². The number of fused-ring (bicyclic) bond motifs is 1. The predicted molar refractivity (Wildman–Crippen MR) is 64.3 cm³/mol. The minimum Gasteiger partial charge on any atom is -0.346 e. The molecule has 4 heteroatoms. The number of hydrogen-bond acceptors (Lipinski definition) is 2. The molecule has 3 aromatic heterocycles. The van der Waals surface area contributed by atoms with Gasteiger partial charge in [-0.05, 0) is 24.3 Å². The third-order valence-electron chi connectivity index (χ3n) is 2.46. The Bertz CT molecular complexity index is 628. The molecule has 3 rings (SSSR count). The minimum absolute atomic E-state index is 0.499. The zero-order valence-electron chi connectivity index (χ0n) is 8.31. The molecule has 3 heterocycles. The maximum Gasteiger partial charge on any atom is 0.137 e. The van der Waals surface area contributed by atoms with Crippen LogP contribution < -0.4 is 0 Å². The number of aromatic amines is 1. The Hall–Kier alpha value is -1.87. The molecular weight excluding hydrogens is 222 g/mol. The molecule has 0 spiro atoms. The van der Waals surface area contributed by atoms with Crippen molar-refractivity contribution in [3.63, 3.8) is 0 Å². The Morgan fingerprint density at radius 1 is 1.00 bits per heavy atom. The van der Waals surface area contributed by atoms with E-state index in [4.69, 9.17) is 11.6 Å². The monoisotopic (exact) mass is 229 g/mol. The molecule has 3 nitrogen and oxygen atoms in total. The third-order valence-corrected chi connectivity index (χ3v) is 2.68. The molecule has 3 aromatic rings. The summed E-state index contributed by atoms with van der Waals surface area (Å²) in [6, 6.07) is 7.78. The molecule has 78 valence electrons. The second-order valence-corrected chi connectivity index (χ2v) is 3.90. The Balaban J connectivity index is 2.14. The average molecular weight is 230 g/mol. The molecule has 0 radical (unpaired) electrons. The van der Waals surface area contributed by atoms with Gasteiger partial charge in [0, 0.05) is 35.1 Å². The van der Waals surface area contributed by atoms with E-state index in [1.165, 1.54) is 0 Å². The third kappa shape index (κ3) is 1.55. The predicted octanol–water partition coefficient (Wildman–Crippen LogP) is 3.28. The summed E-state index contributed by atoms with van der Waals surface area (Å²) in [6.45, 7) is 0. The van der Waals surface area contributed by atoms with E-state index in [-0.39, 0.29) is 0 Å². The van der Waals surface area contributed by atoms with Gasteiger partial charge in [0.25, 0.3) is 0 Å². The van der Waals surface area contributed by atoms with Gasteiger partial charge in [-0.2, -0.15) is 0 Å². The number of H-pyrrole nitrogens is 1. The number of aromatic nitrogens is 3. The molecular formula is C12H8ClN3. The van der Waals surface area contributed by atoms with Gasteiger partial charge < -0.3 is 4.98 Å². The lowest BCUT2D eigenvalue weighted by atomic mass is 10.1. The molecule has 0 fully saturated rings. The number of pyridine rings is 2. The first-order valence-corrected chi connectivity index (χ1v) is 5.26. The quantitative estimate of drug-likeness (QED) is 0.651. The van der Waals surface area contributed by atoms with E-state index in [1.54, 1.807) is 12.3 Å². The van der Waals surface area contributed by atoms with Gasteiger partial charge in [0.05, 0.1) is 0 Å². The van der Waals surface area contributed by atoms with Crippen LogP contribution in [-0.2, 0) is 0 Å². The van der Waals surface area contributed by atoms with E-state index in [0.717, 1.165) is 22.2 Å². The smallest absolute Gasteiger partial charge is 0.137 e. The van der Waals surface area contributed by atoms with Crippen LogP contribution in [0.3, 0.4) is 0 Å². The molecule has 0 atom stereocenters. The highest BCUT2D eigenvalue weighted by Crippen LogP contribution is 2.22. The molecule has 0 unspecified atom stereocenters. The largest absolute Gasteiger partial charge is 0.346 e. The highest BCUT2D eigenvalue weighted by atomic mass is 35.5. The van der Waals surface area contributed by atoms with Crippen molar-refractivity contribution >= 4 is 22.6 Å². The maximum absolute atomic E-state index is 5.75. The fourth-order valence-electron chi connectivity index (χ4n) is 1.64. The Labute approximate surface area is 97.1 Å². The van der Waals surface area contributed by atoms with Crippen molar-refractivity contribution in [2.45, 2.75) is 0 Å². The number of nitrogens with zero attached hydrogens (tertiary/aromatic N) is 2. The Morgan fingerprint density at radius 3 is 2.69 bits per heavy atom. The summed E-state index contributed by atoms with van der Waals surface area (Å²) in [7, 11) is 0. The van der Waals surface area contributed by atoms with E-state index in [1.807, 2.05) is 24.5 Å². The van der Waals surface area contributed by atoms with Crippen molar-refractivity contribution in [3.8, 4) is 11.1 Å². The molecule has 0 bridgehead atoms. The summed E-state index contributed by atoms with van der Waals surface area (Å²) >= 11 is 5.75. The van der Waals surface area contributed by atoms with Crippen molar-refractivity contribution in [3.05, 3.63) is 48.0 Å². The van der Waals surface area contributed by atoms with E-state index in [2.05, 4.69) is 21.0 Å². The van der Waals surface area contributed by atoms with Gasteiger partial charge in [-0.3, -0.25) is 0 Å². The van der Waals surface area contributed by atoms with E-state index in [9.17, 15) is 0 Å². The van der Waals surface area contributed by atoms with Crippen LogP contribution in [0.1, 0.15) is 0 Å². The van der Waals surface area contributed by atoms with E-state index >= 15 is 0 Å². The maximum atomic E-state index is 5.75. The minimum atomic E-state index is 0.499. The van der Waals surface area contributed by atoms with E-state index in [0.29, 0.717) is 5.15 Å². The average Bonchev–Trinajstić information content (AvgIpc) is 2.77. The standard InChI is InChI=1S/C12H8ClN3/c13-11-2-1-9(6-15-11)10-5-8-3-4-14-12(8)16-7-10/h1-7H,(H,14,16). The first kappa shape index (κ1) is 9.36. The van der Waals surface area contributed by atoms with E-state index < -0.39 is 0 Å². The Kier molecular flexibility index (Phi) is 2.11. The van der Waals surface area contributed by atoms with Gasteiger partial charge in [-0.15, -0.1) is 0 Å². The molecule has 0 aromatic carbocycles. The summed E-state index contributed by atoms with van der Waals surface area (Å²) in [4.78, 5) is 11.4. The van der Waals surface area contributed by atoms with Gasteiger partial charge in [-0.25, -0.2) is 9.97 Å². The normalized spacial score (nSPS) is 10.8. The van der Waals surface area contributed by atoms with Crippen LogP contribution in [0.15, 0.2) is 42.9 Å². The second kappa shape index (κ2) is 3.61. The summed E-state index contributed by atoms with van der Waals surface area (Å²) in [6.07, 6.45) is 5.45. The SMILES string of the molecule is Clc1ccc(-c2cnc3[nH]ccc3c2)cn1. The summed E-state index contributed by atoms with van der Waals surface area (Å²) in [5.74, 6) is 0. The molecule has 0 aliphatic rings. The van der Waals surface area contributed by atoms with Crippen LogP contribution in [-0.4, -0.2) is 15.0 Å². The van der Waals surface area contributed by atoms with Crippen molar-refractivity contribution in [2.24, 2.45) is 0 Å². The lowest BCUT2D eigenvalue weighted by Gasteiger charge is -2.00. The number of nitrogens with one attached hydrogen (secondary N) is 1. The second-order valence-electron chi connectivity index (χ2n) is 3.51. The molecule has 0 amide bonds. The summed E-state index contributed by atoms with van der Waals surface area (Å²) in [5, 5.41) is 1.59. The Morgan fingerprint density at radius 2 is 1.88 bits per heavy atom. The first-order valence-electron chi connectivity index (χ1n) is 4.88. The molecule has 16 heavy (non-hydrogen) atoms. The van der Waals surface area contributed by atoms with Crippen LogP contribution in [0.5, 0.6) is 0 Å². The molecule has 0 aliphatic carbocycles. The first-order chi connectivity index (χ1) is 7.83.